The molecule has 0 aliphatic rings. The second-order valence-corrected chi connectivity index (χ2v) is 10.3. The van der Waals surface area contributed by atoms with Gasteiger partial charge >= 0.3 is 0 Å². The summed E-state index contributed by atoms with van der Waals surface area (Å²) < 4.78 is 28.6. The minimum absolute atomic E-state index is 0.176. The summed E-state index contributed by atoms with van der Waals surface area (Å²) in [5, 5.41) is 1.73. The Hall–Kier alpha value is -2.12. The number of hydrogen-bond acceptors (Lipinski definition) is 4. The molecule has 4 nitrogen and oxygen atoms in total. The van der Waals surface area contributed by atoms with E-state index < -0.39 is 10.0 Å². The standard InChI is InChI=1S/C21H16Cl2N2O2S2/c1-13-5-8-19-20(9-13)28-21(24-19)17-7-6-16(11-18(17)23)25-29(26,27)12-14-3-2-4-15(22)10-14/h2-11,25H,12H2,1H3. The Morgan fingerprint density at radius 3 is 2.62 bits per heavy atom. The predicted octanol–water partition coefficient (Wildman–Crippen LogP) is 6.52. The van der Waals surface area contributed by atoms with Crippen molar-refractivity contribution in [2.24, 2.45) is 0 Å². The van der Waals surface area contributed by atoms with E-state index in [-0.39, 0.29) is 5.75 Å². The molecule has 0 aliphatic carbocycles. The third-order valence-electron chi connectivity index (χ3n) is 4.26. The van der Waals surface area contributed by atoms with Crippen LogP contribution in [-0.2, 0) is 15.8 Å². The summed E-state index contributed by atoms with van der Waals surface area (Å²) in [5.74, 6) is -0.176. The van der Waals surface area contributed by atoms with Crippen molar-refractivity contribution in [2.75, 3.05) is 4.72 Å². The van der Waals surface area contributed by atoms with Crippen LogP contribution >= 0.6 is 34.5 Å². The average molecular weight is 463 g/mol. The van der Waals surface area contributed by atoms with Gasteiger partial charge in [-0.2, -0.15) is 0 Å². The molecule has 3 aromatic carbocycles. The lowest BCUT2D eigenvalue weighted by Crippen LogP contribution is -2.15. The molecule has 0 unspecified atom stereocenters. The van der Waals surface area contributed by atoms with Gasteiger partial charge in [0.25, 0.3) is 0 Å². The molecule has 1 heterocycles. The smallest absolute Gasteiger partial charge is 0.236 e. The Morgan fingerprint density at radius 1 is 1.03 bits per heavy atom. The molecule has 1 N–H and O–H groups in total. The van der Waals surface area contributed by atoms with Crippen LogP contribution in [0.1, 0.15) is 11.1 Å². The fourth-order valence-corrected chi connectivity index (χ4v) is 5.78. The molecule has 0 saturated carbocycles. The maximum absolute atomic E-state index is 12.5. The van der Waals surface area contributed by atoms with E-state index in [9.17, 15) is 8.42 Å². The second-order valence-electron chi connectivity index (χ2n) is 6.68. The summed E-state index contributed by atoms with van der Waals surface area (Å²) in [5.41, 5.74) is 3.86. The highest BCUT2D eigenvalue weighted by atomic mass is 35.5. The first-order valence-electron chi connectivity index (χ1n) is 8.71. The minimum atomic E-state index is -3.60. The Bertz CT molecular complexity index is 1320. The molecular formula is C21H16Cl2N2O2S2. The zero-order chi connectivity index (χ0) is 20.6. The van der Waals surface area contributed by atoms with Gasteiger partial charge in [-0.05, 0) is 60.5 Å². The van der Waals surface area contributed by atoms with Crippen LogP contribution < -0.4 is 4.72 Å². The number of sulfonamides is 1. The van der Waals surface area contributed by atoms with Crippen LogP contribution in [-0.4, -0.2) is 13.4 Å². The summed E-state index contributed by atoms with van der Waals surface area (Å²) >= 11 is 13.9. The van der Waals surface area contributed by atoms with Gasteiger partial charge in [-0.15, -0.1) is 11.3 Å². The van der Waals surface area contributed by atoms with Gasteiger partial charge in [0.1, 0.15) is 5.01 Å². The summed E-state index contributed by atoms with van der Waals surface area (Å²) in [4.78, 5) is 4.64. The molecule has 0 atom stereocenters. The number of hydrogen-bond donors (Lipinski definition) is 1. The zero-order valence-corrected chi connectivity index (χ0v) is 18.5. The molecule has 0 amide bonds. The summed E-state index contributed by atoms with van der Waals surface area (Å²) in [6, 6.07) is 17.9. The normalized spacial score (nSPS) is 11.7. The first-order chi connectivity index (χ1) is 13.8. The number of fused-ring (bicyclic) bond motifs is 1. The SMILES string of the molecule is Cc1ccc2nc(-c3ccc(NS(=O)(=O)Cc4cccc(Cl)c4)cc3Cl)sc2c1. The Morgan fingerprint density at radius 2 is 1.86 bits per heavy atom. The quantitative estimate of drug-likeness (QED) is 0.367. The van der Waals surface area contributed by atoms with Gasteiger partial charge in [0.2, 0.25) is 10.0 Å². The average Bonchev–Trinajstić information content (AvgIpc) is 3.03. The fraction of sp³-hybridized carbons (Fsp3) is 0.0952. The lowest BCUT2D eigenvalue weighted by molar-refractivity contribution is 0.600. The number of nitrogens with one attached hydrogen (secondary N) is 1. The highest BCUT2D eigenvalue weighted by molar-refractivity contribution is 7.91. The molecule has 4 rings (SSSR count). The Kier molecular flexibility index (Phi) is 5.53. The van der Waals surface area contributed by atoms with E-state index in [2.05, 4.69) is 15.8 Å². The highest BCUT2D eigenvalue weighted by Crippen LogP contribution is 2.36. The van der Waals surface area contributed by atoms with E-state index in [0.29, 0.717) is 21.3 Å². The number of anilines is 1. The molecule has 0 radical (unpaired) electrons. The zero-order valence-electron chi connectivity index (χ0n) is 15.3. The molecule has 0 bridgehead atoms. The highest BCUT2D eigenvalue weighted by Gasteiger charge is 2.15. The number of nitrogens with zero attached hydrogens (tertiary/aromatic N) is 1. The minimum Gasteiger partial charge on any atom is -0.283 e. The van der Waals surface area contributed by atoms with Gasteiger partial charge in [-0.3, -0.25) is 4.72 Å². The van der Waals surface area contributed by atoms with E-state index in [1.54, 1.807) is 53.8 Å². The number of aromatic nitrogens is 1. The Balaban J connectivity index is 1.57. The van der Waals surface area contributed by atoms with Crippen LogP contribution in [0.5, 0.6) is 0 Å². The van der Waals surface area contributed by atoms with Crippen LogP contribution in [0.4, 0.5) is 5.69 Å². The number of rotatable bonds is 5. The molecule has 148 valence electrons. The molecule has 0 fully saturated rings. The van der Waals surface area contributed by atoms with Crippen molar-refractivity contribution < 1.29 is 8.42 Å². The van der Waals surface area contributed by atoms with Gasteiger partial charge in [0.05, 0.1) is 26.7 Å². The molecule has 29 heavy (non-hydrogen) atoms. The van der Waals surface area contributed by atoms with E-state index in [4.69, 9.17) is 23.2 Å². The monoisotopic (exact) mass is 462 g/mol. The number of benzene rings is 3. The molecule has 0 saturated heterocycles. The van der Waals surface area contributed by atoms with Crippen LogP contribution in [0.3, 0.4) is 0 Å². The maximum atomic E-state index is 12.5. The molecule has 4 aromatic rings. The van der Waals surface area contributed by atoms with Crippen molar-refractivity contribution in [3.05, 3.63) is 81.8 Å². The van der Waals surface area contributed by atoms with E-state index in [0.717, 1.165) is 20.8 Å². The first-order valence-corrected chi connectivity index (χ1v) is 11.9. The van der Waals surface area contributed by atoms with Crippen LogP contribution in [0.15, 0.2) is 60.7 Å². The van der Waals surface area contributed by atoms with Gasteiger partial charge in [-0.25, -0.2) is 13.4 Å². The third-order valence-corrected chi connectivity index (χ3v) is 7.12. The fourth-order valence-electron chi connectivity index (χ4n) is 2.96. The topological polar surface area (TPSA) is 59.1 Å². The largest absolute Gasteiger partial charge is 0.283 e. The van der Waals surface area contributed by atoms with Crippen molar-refractivity contribution >= 4 is 60.5 Å². The van der Waals surface area contributed by atoms with E-state index in [1.165, 1.54) is 5.56 Å². The molecule has 0 spiro atoms. The van der Waals surface area contributed by atoms with Crippen molar-refractivity contribution in [1.82, 2.24) is 4.98 Å². The van der Waals surface area contributed by atoms with Crippen LogP contribution in [0.25, 0.3) is 20.8 Å². The number of thiazole rings is 1. The predicted molar refractivity (Wildman–Crippen MR) is 123 cm³/mol. The summed E-state index contributed by atoms with van der Waals surface area (Å²) in [6.45, 7) is 2.04. The summed E-state index contributed by atoms with van der Waals surface area (Å²) in [7, 11) is -3.60. The van der Waals surface area contributed by atoms with Crippen molar-refractivity contribution in [3.63, 3.8) is 0 Å². The molecule has 1 aromatic heterocycles. The third kappa shape index (κ3) is 4.73. The van der Waals surface area contributed by atoms with E-state index >= 15 is 0 Å². The lowest BCUT2D eigenvalue weighted by Gasteiger charge is -2.10. The number of halogens is 2. The van der Waals surface area contributed by atoms with Crippen LogP contribution in [0, 0.1) is 6.92 Å². The lowest BCUT2D eigenvalue weighted by atomic mass is 10.2. The van der Waals surface area contributed by atoms with Crippen molar-refractivity contribution in [2.45, 2.75) is 12.7 Å². The first kappa shape index (κ1) is 20.2. The number of aryl methyl sites for hydroxylation is 1. The van der Waals surface area contributed by atoms with Gasteiger partial charge in [0.15, 0.2) is 0 Å². The molecular weight excluding hydrogens is 447 g/mol. The van der Waals surface area contributed by atoms with E-state index in [1.807, 2.05) is 19.1 Å². The molecule has 0 aliphatic heterocycles. The van der Waals surface area contributed by atoms with Crippen LogP contribution in [0.2, 0.25) is 10.0 Å². The second kappa shape index (κ2) is 7.95. The maximum Gasteiger partial charge on any atom is 0.236 e. The molecule has 8 heteroatoms. The van der Waals surface area contributed by atoms with Gasteiger partial charge in [0, 0.05) is 10.6 Å². The summed E-state index contributed by atoms with van der Waals surface area (Å²) in [6.07, 6.45) is 0. The Labute approximate surface area is 183 Å². The van der Waals surface area contributed by atoms with Gasteiger partial charge < -0.3 is 0 Å². The van der Waals surface area contributed by atoms with Crippen molar-refractivity contribution in [1.29, 1.82) is 0 Å². The van der Waals surface area contributed by atoms with Gasteiger partial charge in [-0.1, -0.05) is 41.4 Å². The van der Waals surface area contributed by atoms with Crippen molar-refractivity contribution in [3.8, 4) is 10.6 Å².